The van der Waals surface area contributed by atoms with E-state index in [-0.39, 0.29) is 29.8 Å². The van der Waals surface area contributed by atoms with Crippen LogP contribution in [0.4, 0.5) is 32.3 Å². The molecule has 0 aliphatic carbocycles. The molecule has 0 unspecified atom stereocenters. The van der Waals surface area contributed by atoms with Crippen LogP contribution in [-0.4, -0.2) is 82.7 Å². The number of halogens is 1. The zero-order valence-electron chi connectivity index (χ0n) is 20.5. The predicted molar refractivity (Wildman–Crippen MR) is 131 cm³/mol. The molecule has 2 N–H and O–H groups in total. The average molecular weight is 486 g/mol. The van der Waals surface area contributed by atoms with Crippen LogP contribution in [-0.2, 0) is 9.53 Å². The average Bonchev–Trinajstić information content (AvgIpc) is 2.77. The van der Waals surface area contributed by atoms with Crippen molar-refractivity contribution in [1.82, 2.24) is 19.8 Å². The maximum Gasteiger partial charge on any atom is 0.410 e. The van der Waals surface area contributed by atoms with Crippen LogP contribution in [0, 0.1) is 5.82 Å². The van der Waals surface area contributed by atoms with Gasteiger partial charge in [-0.15, -0.1) is 0 Å². The minimum atomic E-state index is -0.566. The van der Waals surface area contributed by atoms with Crippen LogP contribution in [0.25, 0.3) is 0 Å². The molecule has 2 aromatic rings. The Kier molecular flexibility index (Phi) is 6.95. The zero-order valence-corrected chi connectivity index (χ0v) is 20.5. The van der Waals surface area contributed by atoms with Crippen molar-refractivity contribution in [2.75, 3.05) is 54.8 Å². The molecule has 11 heteroatoms. The Morgan fingerprint density at radius 2 is 1.83 bits per heavy atom. The van der Waals surface area contributed by atoms with Crippen molar-refractivity contribution < 1.29 is 18.7 Å². The molecule has 4 rings (SSSR count). The molecule has 3 heterocycles. The van der Waals surface area contributed by atoms with Crippen LogP contribution in [0.15, 0.2) is 30.5 Å². The Morgan fingerprint density at radius 3 is 2.49 bits per heavy atom. The predicted octanol–water partition coefficient (Wildman–Crippen LogP) is 3.06. The molecule has 2 aliphatic rings. The Labute approximate surface area is 204 Å². The van der Waals surface area contributed by atoms with E-state index in [1.54, 1.807) is 11.8 Å². The fraction of sp³-hybridized carbons (Fsp3) is 0.500. The summed E-state index contributed by atoms with van der Waals surface area (Å²) in [5.41, 5.74) is 1.24. The van der Waals surface area contributed by atoms with Crippen LogP contribution in [0.5, 0.6) is 0 Å². The molecule has 2 saturated heterocycles. The van der Waals surface area contributed by atoms with Gasteiger partial charge in [0.2, 0.25) is 11.9 Å². The van der Waals surface area contributed by atoms with E-state index in [1.807, 2.05) is 49.9 Å². The summed E-state index contributed by atoms with van der Waals surface area (Å²) in [4.78, 5) is 37.6. The fourth-order valence-electron chi connectivity index (χ4n) is 3.96. The minimum Gasteiger partial charge on any atom is -0.444 e. The molecule has 0 radical (unpaired) electrons. The molecule has 0 saturated carbocycles. The van der Waals surface area contributed by atoms with Gasteiger partial charge in [0.25, 0.3) is 0 Å². The number of amides is 2. The van der Waals surface area contributed by atoms with Crippen molar-refractivity contribution in [3.8, 4) is 0 Å². The van der Waals surface area contributed by atoms with Crippen LogP contribution in [0.3, 0.4) is 0 Å². The highest BCUT2D eigenvalue weighted by Gasteiger charge is 2.34. The standard InChI is InChI=1S/C24H32FN7O3/c1-16(33)30-8-10-31(11-9-30)19-7-5-6-17(12-19)28-22-26-13-20(25)21(29-22)27-18-14-32(15-18)23(34)35-24(2,3)4/h5-7,12-13,18H,8-11,14-15H2,1-4H3,(H2,26,27,28,29). The maximum atomic E-state index is 14.3. The number of benzene rings is 1. The third-order valence-corrected chi connectivity index (χ3v) is 5.81. The SMILES string of the molecule is CC(=O)N1CCN(c2cccc(Nc3ncc(F)c(NC4CN(C(=O)OC(C)(C)C)C4)n3)c2)CC1. The van der Waals surface area contributed by atoms with Crippen LogP contribution in [0.1, 0.15) is 27.7 Å². The van der Waals surface area contributed by atoms with E-state index in [0.717, 1.165) is 30.7 Å². The van der Waals surface area contributed by atoms with Crippen LogP contribution >= 0.6 is 0 Å². The Balaban J connectivity index is 1.35. The summed E-state index contributed by atoms with van der Waals surface area (Å²) in [7, 11) is 0. The fourth-order valence-corrected chi connectivity index (χ4v) is 3.96. The van der Waals surface area contributed by atoms with E-state index in [0.29, 0.717) is 26.2 Å². The van der Waals surface area contributed by atoms with Crippen molar-refractivity contribution >= 4 is 35.1 Å². The molecule has 10 nitrogen and oxygen atoms in total. The van der Waals surface area contributed by atoms with Gasteiger partial charge in [-0.3, -0.25) is 4.79 Å². The first-order chi connectivity index (χ1) is 16.6. The third kappa shape index (κ3) is 6.28. The van der Waals surface area contributed by atoms with Crippen LogP contribution in [0.2, 0.25) is 0 Å². The van der Waals surface area contributed by atoms with Crippen LogP contribution < -0.4 is 15.5 Å². The maximum absolute atomic E-state index is 14.3. The smallest absolute Gasteiger partial charge is 0.410 e. The lowest BCUT2D eigenvalue weighted by Gasteiger charge is -2.40. The minimum absolute atomic E-state index is 0.0767. The molecule has 0 atom stereocenters. The summed E-state index contributed by atoms with van der Waals surface area (Å²) in [5.74, 6) is -0.135. The van der Waals surface area contributed by atoms with E-state index in [2.05, 4.69) is 25.5 Å². The number of hydrogen-bond acceptors (Lipinski definition) is 8. The van der Waals surface area contributed by atoms with Gasteiger partial charge in [0.1, 0.15) is 5.60 Å². The third-order valence-electron chi connectivity index (χ3n) is 5.81. The lowest BCUT2D eigenvalue weighted by Crippen LogP contribution is -2.58. The second-order valence-corrected chi connectivity index (χ2v) is 9.79. The van der Waals surface area contributed by atoms with Crippen molar-refractivity contribution in [1.29, 1.82) is 0 Å². The first-order valence-corrected chi connectivity index (χ1v) is 11.7. The summed E-state index contributed by atoms with van der Waals surface area (Å²) < 4.78 is 19.7. The van der Waals surface area contributed by atoms with Gasteiger partial charge in [0, 0.05) is 57.6 Å². The lowest BCUT2D eigenvalue weighted by molar-refractivity contribution is -0.129. The normalized spacial score (nSPS) is 16.5. The second kappa shape index (κ2) is 9.93. The molecule has 2 amide bonds. The first-order valence-electron chi connectivity index (χ1n) is 11.7. The van der Waals surface area contributed by atoms with Gasteiger partial charge >= 0.3 is 6.09 Å². The number of carbonyl (C=O) groups excluding carboxylic acids is 2. The van der Waals surface area contributed by atoms with E-state index in [4.69, 9.17) is 4.74 Å². The number of nitrogens with zero attached hydrogens (tertiary/aromatic N) is 5. The number of likely N-dealkylation sites (tertiary alicyclic amines) is 1. The van der Waals surface area contributed by atoms with Crippen molar-refractivity contribution in [3.05, 3.63) is 36.3 Å². The second-order valence-electron chi connectivity index (χ2n) is 9.79. The quantitative estimate of drug-likeness (QED) is 0.666. The van der Waals surface area contributed by atoms with Gasteiger partial charge in [0.05, 0.1) is 12.2 Å². The molecular weight excluding hydrogens is 453 g/mol. The molecule has 2 aliphatic heterocycles. The van der Waals surface area contributed by atoms with E-state index in [9.17, 15) is 14.0 Å². The molecule has 188 valence electrons. The number of ether oxygens (including phenoxy) is 1. The lowest BCUT2D eigenvalue weighted by atomic mass is 10.1. The largest absolute Gasteiger partial charge is 0.444 e. The van der Waals surface area contributed by atoms with Gasteiger partial charge in [0.15, 0.2) is 11.6 Å². The Bertz CT molecular complexity index is 1080. The molecule has 1 aromatic heterocycles. The summed E-state index contributed by atoms with van der Waals surface area (Å²) in [5, 5.41) is 6.18. The van der Waals surface area contributed by atoms with E-state index in [1.165, 1.54) is 0 Å². The molecule has 2 fully saturated rings. The van der Waals surface area contributed by atoms with Crippen molar-refractivity contribution in [2.45, 2.75) is 39.3 Å². The number of nitrogens with one attached hydrogen (secondary N) is 2. The zero-order chi connectivity index (χ0) is 25.2. The highest BCUT2D eigenvalue weighted by Crippen LogP contribution is 2.24. The summed E-state index contributed by atoms with van der Waals surface area (Å²) in [6, 6.07) is 7.68. The molecule has 35 heavy (non-hydrogen) atoms. The monoisotopic (exact) mass is 485 g/mol. The molecule has 0 bridgehead atoms. The van der Waals surface area contributed by atoms with Gasteiger partial charge in [-0.2, -0.15) is 4.98 Å². The topological polar surface area (TPSA) is 103 Å². The van der Waals surface area contributed by atoms with Gasteiger partial charge in [-0.05, 0) is 39.0 Å². The highest BCUT2D eigenvalue weighted by molar-refractivity contribution is 5.73. The summed E-state index contributed by atoms with van der Waals surface area (Å²) >= 11 is 0. The summed E-state index contributed by atoms with van der Waals surface area (Å²) in [6.45, 7) is 10.7. The molecule has 1 aromatic carbocycles. The first kappa shape index (κ1) is 24.5. The number of piperazine rings is 1. The Morgan fingerprint density at radius 1 is 1.11 bits per heavy atom. The number of hydrogen-bond donors (Lipinski definition) is 2. The van der Waals surface area contributed by atoms with Gasteiger partial charge < -0.3 is 30.1 Å². The number of aromatic nitrogens is 2. The molecular formula is C24H32FN7O3. The number of carbonyl (C=O) groups is 2. The number of rotatable bonds is 5. The number of anilines is 4. The van der Waals surface area contributed by atoms with Gasteiger partial charge in [-0.1, -0.05) is 6.07 Å². The summed E-state index contributed by atoms with van der Waals surface area (Å²) in [6.07, 6.45) is 0.732. The highest BCUT2D eigenvalue weighted by atomic mass is 19.1. The van der Waals surface area contributed by atoms with Gasteiger partial charge in [-0.25, -0.2) is 14.2 Å². The van der Waals surface area contributed by atoms with E-state index >= 15 is 0 Å². The van der Waals surface area contributed by atoms with Crippen molar-refractivity contribution in [2.24, 2.45) is 0 Å². The van der Waals surface area contributed by atoms with E-state index < -0.39 is 11.4 Å². The molecule has 0 spiro atoms. The van der Waals surface area contributed by atoms with Crippen molar-refractivity contribution in [3.63, 3.8) is 0 Å². The Hall–Kier alpha value is -3.63.